The van der Waals surface area contributed by atoms with Crippen molar-refractivity contribution in [3.8, 4) is 0 Å². The van der Waals surface area contributed by atoms with Crippen LogP contribution in [0.5, 0.6) is 0 Å². The third-order valence-electron chi connectivity index (χ3n) is 0. The van der Waals surface area contributed by atoms with E-state index in [1.165, 1.54) is 0 Å². The number of carboxylic acid groups (broad SMARTS) is 4. The van der Waals surface area contributed by atoms with Crippen LogP contribution in [0.4, 0.5) is 0 Å². The zero-order valence-electron chi connectivity index (χ0n) is 10.7. The van der Waals surface area contributed by atoms with Gasteiger partial charge in [-0.05, 0) is 27.7 Å². The predicted molar refractivity (Wildman–Crippen MR) is 48.5 cm³/mol. The molecule has 0 aliphatic rings. The molecular weight excluding hydrogens is 330 g/mol. The molecule has 0 aliphatic heterocycles. The Morgan fingerprint density at radius 2 is 0.556 bits per heavy atom. The molecule has 0 N–H and O–H groups in total. The van der Waals surface area contributed by atoms with Gasteiger partial charge in [-0.15, -0.1) is 0 Å². The summed E-state index contributed by atoms with van der Waals surface area (Å²) in [5.74, 6) is -4.33. The van der Waals surface area contributed by atoms with E-state index in [-0.39, 0.29) is 57.2 Å². The minimum Gasteiger partial charge on any atom is -0.550 e. The molecule has 0 fully saturated rings. The summed E-state index contributed by atoms with van der Waals surface area (Å²) in [5, 5.41) is 35.6. The van der Waals surface area contributed by atoms with Crippen LogP contribution in [-0.4, -0.2) is 61.6 Å². The number of carbonyl (C=O) groups excluding carboxylic acids is 4. The summed E-state index contributed by atoms with van der Waals surface area (Å²) < 4.78 is 0. The van der Waals surface area contributed by atoms with E-state index >= 15 is 0 Å². The van der Waals surface area contributed by atoms with Gasteiger partial charge in [-0.25, -0.2) is 0 Å². The van der Waals surface area contributed by atoms with E-state index in [1.807, 2.05) is 0 Å². The van der Waals surface area contributed by atoms with Gasteiger partial charge in [0.15, 0.2) is 0 Å². The van der Waals surface area contributed by atoms with Crippen LogP contribution in [0.2, 0.25) is 0 Å². The number of hydrogen-bond acceptors (Lipinski definition) is 8. The van der Waals surface area contributed by atoms with Crippen molar-refractivity contribution in [3.05, 3.63) is 0 Å². The van der Waals surface area contributed by atoms with Gasteiger partial charge < -0.3 is 39.6 Å². The molecule has 0 amide bonds. The average molecular weight is 342 g/mol. The van der Waals surface area contributed by atoms with Gasteiger partial charge in [0, 0.05) is 23.9 Å². The van der Waals surface area contributed by atoms with Gasteiger partial charge in [-0.2, -0.15) is 0 Å². The maximum atomic E-state index is 8.89. The molecule has 8 nitrogen and oxygen atoms in total. The first-order chi connectivity index (χ1) is 6.93. The molecule has 0 unspecified atom stereocenters. The van der Waals surface area contributed by atoms with Crippen molar-refractivity contribution in [1.82, 2.24) is 0 Å². The maximum Gasteiger partial charge on any atom is 2.00 e. The van der Waals surface area contributed by atoms with E-state index in [9.17, 15) is 0 Å². The third-order valence-corrected chi connectivity index (χ3v) is 0. The molecule has 18 heavy (non-hydrogen) atoms. The summed E-state index contributed by atoms with van der Waals surface area (Å²) >= 11 is 0. The second-order valence-corrected chi connectivity index (χ2v) is 1.97. The van der Waals surface area contributed by atoms with Crippen LogP contribution in [-0.2, 0) is 38.7 Å². The van der Waals surface area contributed by atoms with Crippen molar-refractivity contribution >= 4 is 61.6 Å². The van der Waals surface area contributed by atoms with Gasteiger partial charge >= 0.3 is 57.2 Å². The Kier molecular flexibility index (Phi) is 60.3. The largest absolute Gasteiger partial charge is 2.00 e. The summed E-state index contributed by atoms with van der Waals surface area (Å²) in [6.45, 7) is 3.89. The second kappa shape index (κ2) is 30.1. The first kappa shape index (κ1) is 36.1. The molecule has 0 aromatic rings. The van der Waals surface area contributed by atoms with Gasteiger partial charge in [0.05, 0.1) is 0 Å². The predicted octanol–water partition coefficient (Wildman–Crippen LogP) is -5.36. The number of rotatable bonds is 0. The maximum absolute atomic E-state index is 8.89. The minimum absolute atomic E-state index is 0. The van der Waals surface area contributed by atoms with Crippen molar-refractivity contribution in [2.75, 3.05) is 0 Å². The molecule has 0 bridgehead atoms. The molecule has 10 heteroatoms. The molecular formula is C8H12CaO8Zn. The van der Waals surface area contributed by atoms with E-state index in [0.29, 0.717) is 0 Å². The summed E-state index contributed by atoms with van der Waals surface area (Å²) in [5.41, 5.74) is 0. The first-order valence-electron chi connectivity index (χ1n) is 3.63. The number of carbonyl (C=O) groups is 4. The monoisotopic (exact) mass is 340 g/mol. The SMILES string of the molecule is CC(=O)[O-].CC(=O)[O-].CC(=O)[O-].CC(=O)[O-].[Ca+2].[Zn+2]. The van der Waals surface area contributed by atoms with Crippen molar-refractivity contribution in [3.63, 3.8) is 0 Å². The summed E-state index contributed by atoms with van der Waals surface area (Å²) in [4.78, 5) is 35.6. The number of carboxylic acids is 4. The standard InChI is InChI=1S/4C2H4O2.Ca.Zn/c4*1-2(3)4;;/h4*1H3,(H,3,4);;/q;;;;2*+2/p-4. The average Bonchev–Trinajstić information content (AvgIpc) is 1.76. The molecule has 0 saturated carbocycles. The van der Waals surface area contributed by atoms with Crippen LogP contribution in [0.15, 0.2) is 0 Å². The van der Waals surface area contributed by atoms with Gasteiger partial charge in [0.1, 0.15) is 0 Å². The molecule has 0 rings (SSSR count). The van der Waals surface area contributed by atoms with E-state index in [2.05, 4.69) is 0 Å². The number of hydrogen-bond donors (Lipinski definition) is 0. The second-order valence-electron chi connectivity index (χ2n) is 1.97. The zero-order valence-corrected chi connectivity index (χ0v) is 15.9. The normalized spacial score (nSPS) is 5.56. The Hall–Kier alpha value is -0.237. The third kappa shape index (κ3) is 61200. The van der Waals surface area contributed by atoms with Crippen molar-refractivity contribution in [2.24, 2.45) is 0 Å². The summed E-state index contributed by atoms with van der Waals surface area (Å²) in [6.07, 6.45) is 0. The fourth-order valence-corrected chi connectivity index (χ4v) is 0. The molecule has 0 aromatic heterocycles. The smallest absolute Gasteiger partial charge is 0.550 e. The molecule has 0 aromatic carbocycles. The zero-order chi connectivity index (χ0) is 14.3. The van der Waals surface area contributed by atoms with E-state index < -0.39 is 23.9 Å². The molecule has 0 spiro atoms. The Bertz CT molecular complexity index is 167. The van der Waals surface area contributed by atoms with Crippen LogP contribution in [0, 0.1) is 0 Å². The van der Waals surface area contributed by atoms with E-state index in [1.54, 1.807) is 0 Å². The molecule has 0 heterocycles. The van der Waals surface area contributed by atoms with E-state index in [0.717, 1.165) is 27.7 Å². The molecule has 0 saturated heterocycles. The van der Waals surface area contributed by atoms with Crippen molar-refractivity contribution < 1.29 is 59.1 Å². The molecule has 96 valence electrons. The van der Waals surface area contributed by atoms with Crippen LogP contribution >= 0.6 is 0 Å². The van der Waals surface area contributed by atoms with Gasteiger partial charge in [0.25, 0.3) is 0 Å². The first-order valence-corrected chi connectivity index (χ1v) is 3.63. The van der Waals surface area contributed by atoms with E-state index in [4.69, 9.17) is 39.6 Å². The minimum atomic E-state index is -1.08. The summed E-state index contributed by atoms with van der Waals surface area (Å²) in [6, 6.07) is 0. The topological polar surface area (TPSA) is 161 Å². The van der Waals surface area contributed by atoms with Gasteiger partial charge in [0.2, 0.25) is 0 Å². The van der Waals surface area contributed by atoms with Crippen LogP contribution in [0.25, 0.3) is 0 Å². The Morgan fingerprint density at radius 1 is 0.556 bits per heavy atom. The van der Waals surface area contributed by atoms with Crippen LogP contribution in [0.1, 0.15) is 27.7 Å². The van der Waals surface area contributed by atoms with Crippen molar-refractivity contribution in [2.45, 2.75) is 27.7 Å². The molecule has 0 atom stereocenters. The Balaban J connectivity index is -0.0000000257. The molecule has 0 radical (unpaired) electrons. The Morgan fingerprint density at radius 3 is 0.556 bits per heavy atom. The fourth-order valence-electron chi connectivity index (χ4n) is 0. The molecule has 0 aliphatic carbocycles. The Labute approximate surface area is 147 Å². The van der Waals surface area contributed by atoms with Crippen LogP contribution < -0.4 is 20.4 Å². The van der Waals surface area contributed by atoms with Crippen LogP contribution in [0.3, 0.4) is 0 Å². The fraction of sp³-hybridized carbons (Fsp3) is 0.500. The van der Waals surface area contributed by atoms with Gasteiger partial charge in [-0.3, -0.25) is 0 Å². The quantitative estimate of drug-likeness (QED) is 0.394. The summed E-state index contributed by atoms with van der Waals surface area (Å²) in [7, 11) is 0. The number of aliphatic carboxylic acids is 4. The van der Waals surface area contributed by atoms with Crippen molar-refractivity contribution in [1.29, 1.82) is 0 Å². The van der Waals surface area contributed by atoms with Gasteiger partial charge in [-0.1, -0.05) is 0 Å².